The third-order valence-electron chi connectivity index (χ3n) is 1.89. The van der Waals surface area contributed by atoms with Gasteiger partial charge in [-0.25, -0.2) is 0 Å². The lowest BCUT2D eigenvalue weighted by molar-refractivity contribution is -0.116. The summed E-state index contributed by atoms with van der Waals surface area (Å²) in [5.74, 6) is -0.0921. The molecule has 1 rings (SSSR count). The molecule has 1 aromatic carbocycles. The van der Waals surface area contributed by atoms with Crippen LogP contribution >= 0.6 is 0 Å². The van der Waals surface area contributed by atoms with E-state index in [1.54, 1.807) is 12.1 Å². The lowest BCUT2D eigenvalue weighted by atomic mass is 10.1. The van der Waals surface area contributed by atoms with E-state index in [2.05, 4.69) is 11.4 Å². The van der Waals surface area contributed by atoms with Gasteiger partial charge < -0.3 is 11.1 Å². The number of nitrogens with zero attached hydrogens (tertiary/aromatic N) is 1. The first-order valence-corrected chi connectivity index (χ1v) is 4.72. The second-order valence-corrected chi connectivity index (χ2v) is 3.12. The Morgan fingerprint density at radius 2 is 2.07 bits per heavy atom. The van der Waals surface area contributed by atoms with Gasteiger partial charge in [0.25, 0.3) is 0 Å². The van der Waals surface area contributed by atoms with Crippen molar-refractivity contribution in [2.45, 2.75) is 12.8 Å². The number of hydrogen-bond acceptors (Lipinski definition) is 3. The van der Waals surface area contributed by atoms with E-state index in [1.165, 1.54) is 0 Å². The summed E-state index contributed by atoms with van der Waals surface area (Å²) in [6.45, 7) is 0.346. The fourth-order valence-corrected chi connectivity index (χ4v) is 1.15. The highest BCUT2D eigenvalue weighted by molar-refractivity contribution is 5.90. The summed E-state index contributed by atoms with van der Waals surface area (Å²) in [4.78, 5) is 11.2. The van der Waals surface area contributed by atoms with Crippen LogP contribution in [0.4, 0.5) is 5.69 Å². The van der Waals surface area contributed by atoms with Crippen LogP contribution in [0.3, 0.4) is 0 Å². The number of hydrogen-bond donors (Lipinski definition) is 2. The largest absolute Gasteiger partial charge is 0.330 e. The van der Waals surface area contributed by atoms with Crippen molar-refractivity contribution in [1.82, 2.24) is 0 Å². The van der Waals surface area contributed by atoms with Crippen molar-refractivity contribution in [3.63, 3.8) is 0 Å². The van der Waals surface area contributed by atoms with Crippen molar-refractivity contribution in [2.24, 2.45) is 5.73 Å². The number of benzene rings is 1. The van der Waals surface area contributed by atoms with Crippen LogP contribution < -0.4 is 11.1 Å². The highest BCUT2D eigenvalue weighted by Gasteiger charge is 2.00. The summed E-state index contributed by atoms with van der Waals surface area (Å²) < 4.78 is 0. The van der Waals surface area contributed by atoms with Crippen molar-refractivity contribution >= 4 is 11.6 Å². The maximum Gasteiger partial charge on any atom is 0.225 e. The molecule has 0 aromatic heterocycles. The molecule has 0 atom stereocenters. The number of anilines is 1. The summed E-state index contributed by atoms with van der Waals surface area (Å²) in [6, 6.07) is 9.26. The summed E-state index contributed by atoms with van der Waals surface area (Å²) in [6.07, 6.45) is 0.705. The van der Waals surface area contributed by atoms with E-state index >= 15 is 0 Å². The summed E-state index contributed by atoms with van der Waals surface area (Å²) >= 11 is 0. The van der Waals surface area contributed by atoms with Gasteiger partial charge >= 0.3 is 0 Å². The molecule has 3 N–H and O–H groups in total. The van der Waals surface area contributed by atoms with Crippen molar-refractivity contribution in [3.8, 4) is 6.07 Å². The van der Waals surface area contributed by atoms with Gasteiger partial charge in [0.05, 0.1) is 12.5 Å². The first-order chi connectivity index (χ1) is 7.26. The van der Waals surface area contributed by atoms with Gasteiger partial charge in [0, 0.05) is 18.7 Å². The van der Waals surface area contributed by atoms with Gasteiger partial charge in [0.2, 0.25) is 5.91 Å². The average molecular weight is 203 g/mol. The Balaban J connectivity index is 2.57. The summed E-state index contributed by atoms with van der Waals surface area (Å²) in [5, 5.41) is 11.2. The molecule has 4 nitrogen and oxygen atoms in total. The average Bonchev–Trinajstić information content (AvgIpc) is 2.22. The maximum atomic E-state index is 11.2. The lowest BCUT2D eigenvalue weighted by Gasteiger charge is -2.04. The van der Waals surface area contributed by atoms with Crippen LogP contribution in [0.25, 0.3) is 0 Å². The summed E-state index contributed by atoms with van der Waals surface area (Å²) in [7, 11) is 0. The van der Waals surface area contributed by atoms with Gasteiger partial charge in [-0.1, -0.05) is 12.1 Å². The topological polar surface area (TPSA) is 78.9 Å². The molecule has 0 saturated carbocycles. The third kappa shape index (κ3) is 3.79. The van der Waals surface area contributed by atoms with Gasteiger partial charge in [-0.05, 0) is 17.7 Å². The van der Waals surface area contributed by atoms with E-state index < -0.39 is 0 Å². The number of nitrogens with one attached hydrogen (secondary N) is 1. The van der Waals surface area contributed by atoms with E-state index in [1.807, 2.05) is 12.1 Å². The van der Waals surface area contributed by atoms with E-state index in [4.69, 9.17) is 11.0 Å². The second kappa shape index (κ2) is 5.78. The molecule has 0 aliphatic carbocycles. The Labute approximate surface area is 88.7 Å². The minimum atomic E-state index is -0.0921. The predicted molar refractivity (Wildman–Crippen MR) is 58.1 cm³/mol. The van der Waals surface area contributed by atoms with Crippen LogP contribution in [0.2, 0.25) is 0 Å². The van der Waals surface area contributed by atoms with Crippen LogP contribution in [-0.2, 0) is 11.2 Å². The molecule has 1 amide bonds. The molecule has 1 aromatic rings. The standard InChI is InChI=1S/C11H13N3O/c12-7-5-9-1-3-10(4-2-9)14-11(15)6-8-13/h1-4H,5-6,8,13H2,(H,14,15). The smallest absolute Gasteiger partial charge is 0.225 e. The van der Waals surface area contributed by atoms with Crippen molar-refractivity contribution in [2.75, 3.05) is 11.9 Å². The summed E-state index contributed by atoms with van der Waals surface area (Å²) in [5.41, 5.74) is 6.92. The Morgan fingerprint density at radius 3 is 2.60 bits per heavy atom. The Hall–Kier alpha value is -1.86. The van der Waals surface area contributed by atoms with Crippen LogP contribution in [-0.4, -0.2) is 12.5 Å². The molecule has 0 fully saturated rings. The SMILES string of the molecule is N#CCc1ccc(NC(=O)CCN)cc1. The fourth-order valence-electron chi connectivity index (χ4n) is 1.15. The molecule has 0 radical (unpaired) electrons. The number of nitriles is 1. The molecule has 0 unspecified atom stereocenters. The highest BCUT2D eigenvalue weighted by atomic mass is 16.1. The minimum Gasteiger partial charge on any atom is -0.330 e. The Bertz CT molecular complexity index is 364. The van der Waals surface area contributed by atoms with E-state index in [0.717, 1.165) is 11.3 Å². The van der Waals surface area contributed by atoms with Gasteiger partial charge in [-0.2, -0.15) is 5.26 Å². The molecule has 0 heterocycles. The highest BCUT2D eigenvalue weighted by Crippen LogP contribution is 2.09. The zero-order chi connectivity index (χ0) is 11.1. The van der Waals surface area contributed by atoms with E-state index in [-0.39, 0.29) is 5.91 Å². The van der Waals surface area contributed by atoms with Gasteiger partial charge in [0.1, 0.15) is 0 Å². The molecule has 4 heteroatoms. The van der Waals surface area contributed by atoms with Crippen molar-refractivity contribution in [1.29, 1.82) is 5.26 Å². The predicted octanol–water partition coefficient (Wildman–Crippen LogP) is 1.04. The molecule has 0 saturated heterocycles. The number of carbonyl (C=O) groups excluding carboxylic acids is 1. The maximum absolute atomic E-state index is 11.2. The first-order valence-electron chi connectivity index (χ1n) is 4.72. The molecular formula is C11H13N3O. The van der Waals surface area contributed by atoms with Gasteiger partial charge in [-0.3, -0.25) is 4.79 Å². The van der Waals surface area contributed by atoms with E-state index in [0.29, 0.717) is 19.4 Å². The molecule has 0 aliphatic rings. The number of nitrogens with two attached hydrogens (primary N) is 1. The quantitative estimate of drug-likeness (QED) is 0.767. The zero-order valence-corrected chi connectivity index (χ0v) is 8.36. The van der Waals surface area contributed by atoms with Crippen molar-refractivity contribution < 1.29 is 4.79 Å². The number of rotatable bonds is 4. The zero-order valence-electron chi connectivity index (χ0n) is 8.36. The number of carbonyl (C=O) groups is 1. The van der Waals surface area contributed by atoms with Crippen LogP contribution in [0.15, 0.2) is 24.3 Å². The van der Waals surface area contributed by atoms with Crippen LogP contribution in [0, 0.1) is 11.3 Å². The number of amides is 1. The second-order valence-electron chi connectivity index (χ2n) is 3.12. The van der Waals surface area contributed by atoms with Gasteiger partial charge in [0.15, 0.2) is 0 Å². The fraction of sp³-hybridized carbons (Fsp3) is 0.273. The molecule has 0 aliphatic heterocycles. The van der Waals surface area contributed by atoms with E-state index in [9.17, 15) is 4.79 Å². The minimum absolute atomic E-state index is 0.0921. The third-order valence-corrected chi connectivity index (χ3v) is 1.89. The Morgan fingerprint density at radius 1 is 1.40 bits per heavy atom. The Kier molecular flexibility index (Phi) is 4.32. The molecule has 0 bridgehead atoms. The van der Waals surface area contributed by atoms with Crippen LogP contribution in [0.1, 0.15) is 12.0 Å². The van der Waals surface area contributed by atoms with Gasteiger partial charge in [-0.15, -0.1) is 0 Å². The molecular weight excluding hydrogens is 190 g/mol. The monoisotopic (exact) mass is 203 g/mol. The molecule has 0 spiro atoms. The van der Waals surface area contributed by atoms with Crippen molar-refractivity contribution in [3.05, 3.63) is 29.8 Å². The normalized spacial score (nSPS) is 9.33. The molecule has 15 heavy (non-hydrogen) atoms. The first kappa shape index (κ1) is 11.2. The lowest BCUT2D eigenvalue weighted by Crippen LogP contribution is -2.16. The van der Waals surface area contributed by atoms with Crippen LogP contribution in [0.5, 0.6) is 0 Å². The molecule has 78 valence electrons.